The molecule has 4 aromatic heterocycles. The molecule has 0 aliphatic carbocycles. The van der Waals surface area contributed by atoms with E-state index in [4.69, 9.17) is 19.1 Å². The molecule has 0 spiro atoms. The van der Waals surface area contributed by atoms with Crippen molar-refractivity contribution in [1.82, 2.24) is 28.7 Å². The molecule has 1 saturated heterocycles. The van der Waals surface area contributed by atoms with E-state index < -0.39 is 8.32 Å². The minimum Gasteiger partial charge on any atom is -0.407 e. The summed E-state index contributed by atoms with van der Waals surface area (Å²) in [5.41, 5.74) is 3.17. The summed E-state index contributed by atoms with van der Waals surface area (Å²) >= 11 is 3.55. The van der Waals surface area contributed by atoms with Crippen LogP contribution in [0.25, 0.3) is 22.2 Å². The molecule has 242 valence electrons. The summed E-state index contributed by atoms with van der Waals surface area (Å²) in [7, 11) is -2.61. The number of pyridine rings is 2. The Morgan fingerprint density at radius 2 is 1.64 bits per heavy atom. The second-order valence-electron chi connectivity index (χ2n) is 13.2. The third-order valence-electron chi connectivity index (χ3n) is 9.19. The van der Waals surface area contributed by atoms with E-state index in [1.54, 1.807) is 23.2 Å². The van der Waals surface area contributed by atoms with Crippen LogP contribution in [-0.4, -0.2) is 56.8 Å². The summed E-state index contributed by atoms with van der Waals surface area (Å²) in [6.45, 7) is 9.64. The highest BCUT2D eigenvalue weighted by molar-refractivity contribution is 9.10. The van der Waals surface area contributed by atoms with Crippen LogP contribution in [-0.2, 0) is 22.3 Å². The number of nitrogens with zero attached hydrogens (tertiary/aromatic N) is 6. The number of hydrogen-bond donors (Lipinski definition) is 0. The van der Waals surface area contributed by atoms with Gasteiger partial charge in [0.15, 0.2) is 5.65 Å². The van der Waals surface area contributed by atoms with Gasteiger partial charge in [0.2, 0.25) is 0 Å². The van der Waals surface area contributed by atoms with E-state index in [0.717, 1.165) is 45.3 Å². The monoisotopic (exact) mass is 710 g/mol. The molecule has 0 N–H and O–H groups in total. The Hall–Kier alpha value is -3.90. The molecular formula is C36H39BrN6O3Si. The van der Waals surface area contributed by atoms with Crippen LogP contribution >= 0.6 is 15.9 Å². The molecule has 0 radical (unpaired) electrons. The quantitative estimate of drug-likeness (QED) is 0.127. The van der Waals surface area contributed by atoms with E-state index in [9.17, 15) is 4.79 Å². The van der Waals surface area contributed by atoms with Gasteiger partial charge >= 0.3 is 5.69 Å². The van der Waals surface area contributed by atoms with Gasteiger partial charge in [-0.2, -0.15) is 0 Å². The van der Waals surface area contributed by atoms with E-state index in [1.807, 2.05) is 16.7 Å². The van der Waals surface area contributed by atoms with Gasteiger partial charge < -0.3 is 13.7 Å². The van der Waals surface area contributed by atoms with Gasteiger partial charge in [-0.25, -0.2) is 14.8 Å². The molecule has 9 nitrogen and oxygen atoms in total. The van der Waals surface area contributed by atoms with Gasteiger partial charge in [0.25, 0.3) is 8.32 Å². The zero-order chi connectivity index (χ0) is 32.6. The van der Waals surface area contributed by atoms with Crippen LogP contribution in [0.5, 0.6) is 0 Å². The molecule has 0 unspecified atom stereocenters. The molecule has 0 atom stereocenters. The van der Waals surface area contributed by atoms with E-state index in [2.05, 4.69) is 107 Å². The highest BCUT2D eigenvalue weighted by atomic mass is 79.9. The fourth-order valence-corrected chi connectivity index (χ4v) is 11.8. The number of aryl methyl sites for hydroxylation is 1. The molecule has 1 aliphatic heterocycles. The van der Waals surface area contributed by atoms with Crippen LogP contribution in [0, 0.1) is 0 Å². The Kier molecular flexibility index (Phi) is 8.73. The van der Waals surface area contributed by atoms with Crippen molar-refractivity contribution in [3.05, 3.63) is 112 Å². The highest BCUT2D eigenvalue weighted by Gasteiger charge is 2.50. The second-order valence-corrected chi connectivity index (χ2v) is 18.4. The standard InChI is InChI=1S/C36H39BrN6O3Si/c1-36(2,3)47(28-12-6-4-7-13-28,29-14-8-5-9-15-29)46-19-11-10-18-41-33(40-30-20-26(37)21-39-34(30)41)23-42-32-22-38-17-16-31(32)43(35(42)44)27-24-45-25-27/h4-9,12-17,20-22,27H,10-11,18-19,23-25H2,1-3H3. The van der Waals surface area contributed by atoms with Gasteiger partial charge in [0.05, 0.1) is 43.0 Å². The summed E-state index contributed by atoms with van der Waals surface area (Å²) in [6, 6.07) is 25.4. The fourth-order valence-electron chi connectivity index (χ4n) is 6.89. The molecule has 2 aromatic carbocycles. The van der Waals surface area contributed by atoms with Gasteiger partial charge in [-0.15, -0.1) is 0 Å². The van der Waals surface area contributed by atoms with Crippen molar-refractivity contribution in [2.24, 2.45) is 0 Å². The van der Waals surface area contributed by atoms with Crippen molar-refractivity contribution in [1.29, 1.82) is 0 Å². The Labute approximate surface area is 283 Å². The molecular weight excluding hydrogens is 672 g/mol. The first-order chi connectivity index (χ1) is 22.8. The lowest BCUT2D eigenvalue weighted by atomic mass is 10.2. The van der Waals surface area contributed by atoms with Gasteiger partial charge in [-0.1, -0.05) is 81.4 Å². The summed E-state index contributed by atoms with van der Waals surface area (Å²) in [6.07, 6.45) is 7.02. The highest BCUT2D eigenvalue weighted by Crippen LogP contribution is 2.37. The lowest BCUT2D eigenvalue weighted by Crippen LogP contribution is -2.66. The molecule has 7 rings (SSSR count). The van der Waals surface area contributed by atoms with Crippen LogP contribution in [0.1, 0.15) is 45.5 Å². The predicted octanol–water partition coefficient (Wildman–Crippen LogP) is 5.68. The van der Waals surface area contributed by atoms with Crippen LogP contribution < -0.4 is 16.1 Å². The molecule has 11 heteroatoms. The van der Waals surface area contributed by atoms with Crippen LogP contribution in [0.15, 0.2) is 101 Å². The van der Waals surface area contributed by atoms with Gasteiger partial charge in [-0.3, -0.25) is 14.1 Å². The van der Waals surface area contributed by atoms with Crippen molar-refractivity contribution in [2.45, 2.75) is 57.8 Å². The summed E-state index contributed by atoms with van der Waals surface area (Å²) < 4.78 is 19.2. The first-order valence-electron chi connectivity index (χ1n) is 16.2. The number of imidazole rings is 2. The second kappa shape index (κ2) is 12.9. The lowest BCUT2D eigenvalue weighted by molar-refractivity contribution is -0.0231. The number of unbranched alkanes of at least 4 members (excludes halogenated alkanes) is 1. The average molecular weight is 712 g/mol. The smallest absolute Gasteiger partial charge is 0.329 e. The van der Waals surface area contributed by atoms with E-state index >= 15 is 0 Å². The third-order valence-corrected chi connectivity index (χ3v) is 14.7. The van der Waals surface area contributed by atoms with Crippen molar-refractivity contribution < 1.29 is 9.16 Å². The Morgan fingerprint density at radius 1 is 0.936 bits per heavy atom. The number of aromatic nitrogens is 6. The van der Waals surface area contributed by atoms with E-state index in [1.165, 1.54) is 10.4 Å². The number of benzene rings is 2. The number of rotatable bonds is 11. The summed E-state index contributed by atoms with van der Waals surface area (Å²) in [5.74, 6) is 0.786. The molecule has 1 fully saturated rings. The number of hydrogen-bond acceptors (Lipinski definition) is 6. The van der Waals surface area contributed by atoms with Gasteiger partial charge in [0, 0.05) is 30.0 Å². The van der Waals surface area contributed by atoms with E-state index in [0.29, 0.717) is 32.9 Å². The predicted molar refractivity (Wildman–Crippen MR) is 191 cm³/mol. The molecule has 5 heterocycles. The van der Waals surface area contributed by atoms with Crippen molar-refractivity contribution in [3.8, 4) is 0 Å². The number of halogens is 1. The number of ether oxygens (including phenoxy) is 1. The summed E-state index contributed by atoms with van der Waals surface area (Å²) in [4.78, 5) is 27.9. The van der Waals surface area contributed by atoms with E-state index in [-0.39, 0.29) is 16.8 Å². The zero-order valence-electron chi connectivity index (χ0n) is 27.0. The Balaban J connectivity index is 1.16. The zero-order valence-corrected chi connectivity index (χ0v) is 29.6. The maximum atomic E-state index is 13.8. The van der Waals surface area contributed by atoms with Crippen LogP contribution in [0.4, 0.5) is 0 Å². The van der Waals surface area contributed by atoms with Crippen molar-refractivity contribution in [3.63, 3.8) is 0 Å². The maximum absolute atomic E-state index is 13.8. The van der Waals surface area contributed by atoms with Crippen LogP contribution in [0.2, 0.25) is 5.04 Å². The minimum atomic E-state index is -2.61. The molecule has 0 saturated carbocycles. The normalized spacial score (nSPS) is 14.2. The first-order valence-corrected chi connectivity index (χ1v) is 18.9. The average Bonchev–Trinajstić information content (AvgIpc) is 3.52. The SMILES string of the molecule is CC(C)(C)[Si](OCCCCn1c(Cn2c(=O)n(C3COC3)c3ccncc32)nc2cc(Br)cnc21)(c1ccccc1)c1ccccc1. The van der Waals surface area contributed by atoms with Crippen molar-refractivity contribution >= 4 is 56.8 Å². The third kappa shape index (κ3) is 5.79. The molecule has 47 heavy (non-hydrogen) atoms. The number of fused-ring (bicyclic) bond motifs is 2. The molecule has 0 bridgehead atoms. The maximum Gasteiger partial charge on any atom is 0.329 e. The summed E-state index contributed by atoms with van der Waals surface area (Å²) in [5, 5.41) is 2.49. The molecule has 1 aliphatic rings. The molecule has 0 amide bonds. The van der Waals surface area contributed by atoms with Gasteiger partial charge in [-0.05, 0) is 56.3 Å². The topological polar surface area (TPSA) is 89.0 Å². The molecule has 6 aromatic rings. The largest absolute Gasteiger partial charge is 0.407 e. The van der Waals surface area contributed by atoms with Gasteiger partial charge in [0.1, 0.15) is 11.3 Å². The lowest BCUT2D eigenvalue weighted by Gasteiger charge is -2.43. The van der Waals surface area contributed by atoms with Crippen LogP contribution in [0.3, 0.4) is 0 Å². The minimum absolute atomic E-state index is 0.0284. The Morgan fingerprint density at radius 3 is 2.28 bits per heavy atom. The van der Waals surface area contributed by atoms with Crippen molar-refractivity contribution in [2.75, 3.05) is 19.8 Å². The Bertz CT molecular complexity index is 2030. The first kappa shape index (κ1) is 31.7. The fraction of sp³-hybridized carbons (Fsp3) is 0.333.